The van der Waals surface area contributed by atoms with Crippen molar-refractivity contribution in [3.8, 4) is 6.07 Å². The number of amides is 1. The SMILES string of the molecule is Cc1ccc(NC(=O)c2cccc(CC#N)c2)cc1C. The van der Waals surface area contributed by atoms with Crippen LogP contribution in [0.5, 0.6) is 0 Å². The van der Waals surface area contributed by atoms with Crippen LogP contribution >= 0.6 is 0 Å². The van der Waals surface area contributed by atoms with Crippen molar-refractivity contribution >= 4 is 11.6 Å². The van der Waals surface area contributed by atoms with Crippen LogP contribution in [-0.4, -0.2) is 5.91 Å². The molecule has 0 fully saturated rings. The van der Waals surface area contributed by atoms with E-state index in [1.54, 1.807) is 18.2 Å². The van der Waals surface area contributed by atoms with E-state index in [2.05, 4.69) is 11.4 Å². The first kappa shape index (κ1) is 13.8. The average Bonchev–Trinajstić information content (AvgIpc) is 2.43. The van der Waals surface area contributed by atoms with Gasteiger partial charge in [-0.2, -0.15) is 5.26 Å². The van der Waals surface area contributed by atoms with Gasteiger partial charge >= 0.3 is 0 Å². The predicted octanol–water partition coefficient (Wildman–Crippen LogP) is 3.62. The second-order valence-electron chi connectivity index (χ2n) is 4.79. The Labute approximate surface area is 118 Å². The molecule has 3 nitrogen and oxygen atoms in total. The lowest BCUT2D eigenvalue weighted by atomic mass is 10.1. The zero-order valence-electron chi connectivity index (χ0n) is 11.6. The van der Waals surface area contributed by atoms with Crippen molar-refractivity contribution < 1.29 is 4.79 Å². The molecule has 0 saturated carbocycles. The van der Waals surface area contributed by atoms with E-state index in [0.29, 0.717) is 12.0 Å². The molecule has 0 aliphatic carbocycles. The molecule has 0 bridgehead atoms. The number of carbonyl (C=O) groups excluding carboxylic acids is 1. The van der Waals surface area contributed by atoms with Crippen molar-refractivity contribution in [1.82, 2.24) is 0 Å². The molecule has 3 heteroatoms. The molecule has 0 unspecified atom stereocenters. The Bertz CT molecular complexity index is 684. The van der Waals surface area contributed by atoms with Crippen molar-refractivity contribution in [2.75, 3.05) is 5.32 Å². The highest BCUT2D eigenvalue weighted by Gasteiger charge is 2.07. The molecule has 0 aliphatic heterocycles. The minimum atomic E-state index is -0.159. The van der Waals surface area contributed by atoms with Gasteiger partial charge in [0.05, 0.1) is 12.5 Å². The van der Waals surface area contributed by atoms with E-state index in [0.717, 1.165) is 16.8 Å². The molecule has 2 aromatic carbocycles. The van der Waals surface area contributed by atoms with Gasteiger partial charge in [0.1, 0.15) is 0 Å². The van der Waals surface area contributed by atoms with Gasteiger partial charge in [-0.3, -0.25) is 4.79 Å². The molecule has 100 valence electrons. The highest BCUT2D eigenvalue weighted by atomic mass is 16.1. The summed E-state index contributed by atoms with van der Waals surface area (Å²) in [4.78, 5) is 12.2. The van der Waals surface area contributed by atoms with Crippen LogP contribution in [0.2, 0.25) is 0 Å². The molecule has 1 N–H and O–H groups in total. The van der Waals surface area contributed by atoms with Crippen LogP contribution in [0, 0.1) is 25.2 Å². The van der Waals surface area contributed by atoms with Gasteiger partial charge in [-0.05, 0) is 54.8 Å². The molecule has 0 saturated heterocycles. The average molecular weight is 264 g/mol. The monoisotopic (exact) mass is 264 g/mol. The first-order valence-electron chi connectivity index (χ1n) is 6.44. The number of hydrogen-bond donors (Lipinski definition) is 1. The largest absolute Gasteiger partial charge is 0.322 e. The number of rotatable bonds is 3. The van der Waals surface area contributed by atoms with E-state index in [1.165, 1.54) is 5.56 Å². The summed E-state index contributed by atoms with van der Waals surface area (Å²) < 4.78 is 0. The van der Waals surface area contributed by atoms with Gasteiger partial charge in [0.2, 0.25) is 0 Å². The molecular weight excluding hydrogens is 248 g/mol. The van der Waals surface area contributed by atoms with Gasteiger partial charge in [0.25, 0.3) is 5.91 Å². The molecule has 20 heavy (non-hydrogen) atoms. The summed E-state index contributed by atoms with van der Waals surface area (Å²) in [6, 6.07) is 15.0. The number of carbonyl (C=O) groups is 1. The fourth-order valence-corrected chi connectivity index (χ4v) is 1.94. The molecule has 0 aromatic heterocycles. The number of nitriles is 1. The molecule has 1 amide bonds. The second kappa shape index (κ2) is 6.03. The van der Waals surface area contributed by atoms with Crippen molar-refractivity contribution in [3.05, 3.63) is 64.7 Å². The zero-order chi connectivity index (χ0) is 14.5. The van der Waals surface area contributed by atoms with Crippen molar-refractivity contribution in [1.29, 1.82) is 5.26 Å². The Morgan fingerprint density at radius 2 is 1.95 bits per heavy atom. The molecule has 0 atom stereocenters. The van der Waals surface area contributed by atoms with Gasteiger partial charge in [0.15, 0.2) is 0 Å². The minimum absolute atomic E-state index is 0.159. The van der Waals surface area contributed by atoms with Crippen molar-refractivity contribution in [2.24, 2.45) is 0 Å². The van der Waals surface area contributed by atoms with Crippen LogP contribution in [0.1, 0.15) is 27.0 Å². The standard InChI is InChI=1S/C17H16N2O/c1-12-6-7-16(10-13(12)2)19-17(20)15-5-3-4-14(11-15)8-9-18/h3-7,10-11H,8H2,1-2H3,(H,19,20). The van der Waals surface area contributed by atoms with E-state index < -0.39 is 0 Å². The Morgan fingerprint density at radius 3 is 2.65 bits per heavy atom. The first-order chi connectivity index (χ1) is 9.60. The van der Waals surface area contributed by atoms with Crippen LogP contribution in [0.3, 0.4) is 0 Å². The number of aryl methyl sites for hydroxylation is 2. The fraction of sp³-hybridized carbons (Fsp3) is 0.176. The third kappa shape index (κ3) is 3.24. The van der Waals surface area contributed by atoms with E-state index in [-0.39, 0.29) is 5.91 Å². The van der Waals surface area contributed by atoms with Gasteiger partial charge in [-0.25, -0.2) is 0 Å². The number of nitrogens with one attached hydrogen (secondary N) is 1. The maximum Gasteiger partial charge on any atom is 0.255 e. The lowest BCUT2D eigenvalue weighted by Crippen LogP contribution is -2.12. The maximum absolute atomic E-state index is 12.2. The third-order valence-electron chi connectivity index (χ3n) is 3.24. The minimum Gasteiger partial charge on any atom is -0.322 e. The molecule has 0 spiro atoms. The first-order valence-corrected chi connectivity index (χ1v) is 6.44. The van der Waals surface area contributed by atoms with Crippen LogP contribution in [0.4, 0.5) is 5.69 Å². The summed E-state index contributed by atoms with van der Waals surface area (Å²) in [5, 5.41) is 11.6. The zero-order valence-corrected chi connectivity index (χ0v) is 11.6. The number of anilines is 1. The number of nitrogens with zero attached hydrogens (tertiary/aromatic N) is 1. The number of benzene rings is 2. The van der Waals surface area contributed by atoms with Crippen LogP contribution < -0.4 is 5.32 Å². The van der Waals surface area contributed by atoms with E-state index in [4.69, 9.17) is 5.26 Å². The Kier molecular flexibility index (Phi) is 4.17. The number of hydrogen-bond acceptors (Lipinski definition) is 2. The summed E-state index contributed by atoms with van der Waals surface area (Å²) in [6.45, 7) is 4.05. The molecule has 2 aromatic rings. The Balaban J connectivity index is 2.17. The topological polar surface area (TPSA) is 52.9 Å². The van der Waals surface area contributed by atoms with Crippen LogP contribution in [-0.2, 0) is 6.42 Å². The molecule has 0 heterocycles. The summed E-state index contributed by atoms with van der Waals surface area (Å²) in [5.41, 5.74) is 4.53. The van der Waals surface area contributed by atoms with Gasteiger partial charge in [0, 0.05) is 11.3 Å². The quantitative estimate of drug-likeness (QED) is 0.920. The second-order valence-corrected chi connectivity index (χ2v) is 4.79. The van der Waals surface area contributed by atoms with Gasteiger partial charge in [-0.15, -0.1) is 0 Å². The van der Waals surface area contributed by atoms with E-state index >= 15 is 0 Å². The smallest absolute Gasteiger partial charge is 0.255 e. The van der Waals surface area contributed by atoms with E-state index in [1.807, 2.05) is 38.1 Å². The lowest BCUT2D eigenvalue weighted by Gasteiger charge is -2.08. The lowest BCUT2D eigenvalue weighted by molar-refractivity contribution is 0.102. The fourth-order valence-electron chi connectivity index (χ4n) is 1.94. The highest BCUT2D eigenvalue weighted by Crippen LogP contribution is 2.15. The van der Waals surface area contributed by atoms with E-state index in [9.17, 15) is 4.79 Å². The summed E-state index contributed by atoms with van der Waals surface area (Å²) in [7, 11) is 0. The van der Waals surface area contributed by atoms with Crippen molar-refractivity contribution in [3.63, 3.8) is 0 Å². The molecular formula is C17H16N2O. The molecule has 2 rings (SSSR count). The van der Waals surface area contributed by atoms with Gasteiger partial charge in [-0.1, -0.05) is 18.2 Å². The van der Waals surface area contributed by atoms with Crippen molar-refractivity contribution in [2.45, 2.75) is 20.3 Å². The molecule has 0 aliphatic rings. The van der Waals surface area contributed by atoms with Crippen LogP contribution in [0.25, 0.3) is 0 Å². The Hall–Kier alpha value is -2.60. The van der Waals surface area contributed by atoms with Crippen LogP contribution in [0.15, 0.2) is 42.5 Å². The molecule has 0 radical (unpaired) electrons. The predicted molar refractivity (Wildman–Crippen MR) is 79.6 cm³/mol. The maximum atomic E-state index is 12.2. The normalized spacial score (nSPS) is 9.85. The third-order valence-corrected chi connectivity index (χ3v) is 3.24. The Morgan fingerprint density at radius 1 is 1.15 bits per heavy atom. The summed E-state index contributed by atoms with van der Waals surface area (Å²) >= 11 is 0. The highest BCUT2D eigenvalue weighted by molar-refractivity contribution is 6.04. The van der Waals surface area contributed by atoms with Gasteiger partial charge < -0.3 is 5.32 Å². The summed E-state index contributed by atoms with van der Waals surface area (Å²) in [5.74, 6) is -0.159. The summed E-state index contributed by atoms with van der Waals surface area (Å²) in [6.07, 6.45) is 0.310.